The quantitative estimate of drug-likeness (QED) is 0.259. The van der Waals surface area contributed by atoms with E-state index in [0.717, 1.165) is 36.0 Å². The fraction of sp³-hybridized carbons (Fsp3) is 0.346. The maximum atomic E-state index is 13.0. The summed E-state index contributed by atoms with van der Waals surface area (Å²) in [6.45, 7) is 1.28. The van der Waals surface area contributed by atoms with Crippen LogP contribution in [0.3, 0.4) is 0 Å². The van der Waals surface area contributed by atoms with Crippen molar-refractivity contribution in [2.24, 2.45) is 0 Å². The summed E-state index contributed by atoms with van der Waals surface area (Å²) >= 11 is 0. The third-order valence-corrected chi connectivity index (χ3v) is 5.45. The van der Waals surface area contributed by atoms with Crippen LogP contribution in [-0.4, -0.2) is 24.9 Å². The average molecular weight is 554 g/mol. The summed E-state index contributed by atoms with van der Waals surface area (Å²) in [5, 5.41) is 7.10. The number of pyridine rings is 1. The Hall–Kier alpha value is -4.03. The van der Waals surface area contributed by atoms with Crippen molar-refractivity contribution >= 4 is 0 Å². The van der Waals surface area contributed by atoms with Gasteiger partial charge in [-0.2, -0.15) is 32.0 Å². The van der Waals surface area contributed by atoms with Gasteiger partial charge in [-0.1, -0.05) is 49.4 Å². The molecule has 0 saturated heterocycles. The minimum absolute atomic E-state index is 0.121. The van der Waals surface area contributed by atoms with Gasteiger partial charge in [0, 0.05) is 12.3 Å². The first-order chi connectivity index (χ1) is 18.5. The largest absolute Gasteiger partial charge is 0.418 e. The lowest BCUT2D eigenvalue weighted by Gasteiger charge is -2.12. The highest BCUT2D eigenvalue weighted by Gasteiger charge is 2.34. The minimum Gasteiger partial charge on any atom is -0.333 e. The van der Waals surface area contributed by atoms with Crippen molar-refractivity contribution in [1.82, 2.24) is 24.9 Å². The zero-order valence-electron chi connectivity index (χ0n) is 20.8. The third kappa shape index (κ3) is 9.04. The fourth-order valence-electron chi connectivity index (χ4n) is 3.56. The van der Waals surface area contributed by atoms with Gasteiger partial charge in [0.2, 0.25) is 5.82 Å². The monoisotopic (exact) mass is 553 g/mol. The van der Waals surface area contributed by atoms with Crippen LogP contribution in [0, 0.1) is 12.7 Å². The van der Waals surface area contributed by atoms with Crippen LogP contribution in [0.15, 0.2) is 64.0 Å². The molecule has 0 radical (unpaired) electrons. The Morgan fingerprint density at radius 3 is 2.23 bits per heavy atom. The molecule has 0 N–H and O–H groups in total. The van der Waals surface area contributed by atoms with Crippen LogP contribution in [0.1, 0.15) is 61.2 Å². The molecular weight excluding hydrogens is 528 g/mol. The van der Waals surface area contributed by atoms with Crippen molar-refractivity contribution in [1.29, 1.82) is 0 Å². The van der Waals surface area contributed by atoms with Gasteiger partial charge in [-0.15, -0.1) is 0 Å². The fourth-order valence-corrected chi connectivity index (χ4v) is 3.56. The summed E-state index contributed by atoms with van der Waals surface area (Å²) < 4.78 is 81.3. The molecule has 0 amide bonds. The number of benzene rings is 1. The van der Waals surface area contributed by atoms with Crippen molar-refractivity contribution in [3.8, 4) is 11.5 Å². The predicted molar refractivity (Wildman–Crippen MR) is 129 cm³/mol. The molecular formula is C26H25F6N5O2. The van der Waals surface area contributed by atoms with Crippen molar-refractivity contribution in [3.05, 3.63) is 93.6 Å². The Kier molecular flexibility index (Phi) is 10.4. The van der Waals surface area contributed by atoms with E-state index in [4.69, 9.17) is 0 Å². The number of rotatable bonds is 4. The first-order valence-electron chi connectivity index (χ1n) is 12.0. The highest BCUT2D eigenvalue weighted by Crippen LogP contribution is 2.31. The summed E-state index contributed by atoms with van der Waals surface area (Å²) in [7, 11) is 0. The van der Waals surface area contributed by atoms with Gasteiger partial charge in [-0.3, -0.25) is 9.78 Å². The molecule has 7 nitrogen and oxygen atoms in total. The number of halogens is 6. The number of aryl methyl sites for hydroxylation is 1. The van der Waals surface area contributed by atoms with Gasteiger partial charge in [0.1, 0.15) is 11.5 Å². The maximum absolute atomic E-state index is 13.0. The van der Waals surface area contributed by atoms with Crippen LogP contribution in [-0.2, 0) is 12.7 Å². The van der Waals surface area contributed by atoms with Gasteiger partial charge >= 0.3 is 12.6 Å². The average Bonchev–Trinajstić information content (AvgIpc) is 3.61. The van der Waals surface area contributed by atoms with Crippen LogP contribution >= 0.6 is 0 Å². The lowest BCUT2D eigenvalue weighted by molar-refractivity contribution is -0.138. The number of hydrogen-bond donors (Lipinski definition) is 0. The van der Waals surface area contributed by atoms with E-state index in [1.54, 1.807) is 6.07 Å². The molecule has 13 heteroatoms. The number of nitrogens with zero attached hydrogens (tertiary/aromatic N) is 5. The first-order valence-corrected chi connectivity index (χ1v) is 12.0. The summed E-state index contributed by atoms with van der Waals surface area (Å²) in [4.78, 5) is 18.9. The van der Waals surface area contributed by atoms with E-state index in [2.05, 4.69) is 24.7 Å². The summed E-state index contributed by atoms with van der Waals surface area (Å²) in [6, 6.07) is 10.6. The van der Waals surface area contributed by atoms with Crippen LogP contribution in [0.25, 0.3) is 11.5 Å². The normalized spacial score (nSPS) is 12.9. The Balaban J connectivity index is 0.000000262. The molecule has 4 aromatic rings. The van der Waals surface area contributed by atoms with E-state index in [0.29, 0.717) is 4.68 Å². The molecule has 0 bridgehead atoms. The third-order valence-electron chi connectivity index (χ3n) is 5.45. The lowest BCUT2D eigenvalue weighted by Crippen LogP contribution is -2.25. The van der Waals surface area contributed by atoms with Gasteiger partial charge < -0.3 is 4.52 Å². The summed E-state index contributed by atoms with van der Waals surface area (Å²) in [5.41, 5.74) is -1.31. The summed E-state index contributed by atoms with van der Waals surface area (Å²) in [5.74, 6) is -1.43. The molecule has 0 atom stereocenters. The SMILES string of the molecule is C1CCCC1.Cc1cccc(F)c1.O=c1ccc(-c2noc(C(F)F)n2)nn1Cc1ncccc1C(F)(F)F. The van der Waals surface area contributed by atoms with Crippen LogP contribution in [0.5, 0.6) is 0 Å². The van der Waals surface area contributed by atoms with E-state index in [-0.39, 0.29) is 17.3 Å². The minimum atomic E-state index is -4.66. The zero-order chi connectivity index (χ0) is 28.4. The standard InChI is InChI=1S/C14H8F5N5O2.C7H7F.C5H10/c15-11(16)13-21-12(23-26-13)8-3-4-10(25)24(22-8)6-9-7(14(17,18)19)2-1-5-20-9;1-6-3-2-4-7(8)5-6;1-2-4-5-3-1/h1-5,11H,6H2;2-5H,1H3;1-5H2. The topological polar surface area (TPSA) is 86.7 Å². The number of alkyl halides is 5. The van der Waals surface area contributed by atoms with Crippen molar-refractivity contribution in [2.45, 2.75) is 58.2 Å². The summed E-state index contributed by atoms with van der Waals surface area (Å²) in [6.07, 6.45) is 0.989. The number of aromatic nitrogens is 5. The van der Waals surface area contributed by atoms with Gasteiger partial charge in [-0.05, 0) is 42.8 Å². The lowest BCUT2D eigenvalue weighted by atomic mass is 10.2. The molecule has 208 valence electrons. The van der Waals surface area contributed by atoms with E-state index in [9.17, 15) is 31.1 Å². The zero-order valence-corrected chi connectivity index (χ0v) is 20.8. The molecule has 1 fully saturated rings. The molecule has 0 spiro atoms. The van der Waals surface area contributed by atoms with Gasteiger partial charge in [0.05, 0.1) is 17.8 Å². The Labute approximate surface area is 219 Å². The van der Waals surface area contributed by atoms with Crippen LogP contribution in [0.4, 0.5) is 26.3 Å². The van der Waals surface area contributed by atoms with E-state index < -0.39 is 41.9 Å². The van der Waals surface area contributed by atoms with Crippen LogP contribution in [0.2, 0.25) is 0 Å². The van der Waals surface area contributed by atoms with Crippen molar-refractivity contribution in [3.63, 3.8) is 0 Å². The van der Waals surface area contributed by atoms with E-state index >= 15 is 0 Å². The molecule has 0 unspecified atom stereocenters. The first kappa shape index (κ1) is 29.5. The molecule has 1 aliphatic carbocycles. The molecule has 3 aromatic heterocycles. The van der Waals surface area contributed by atoms with Gasteiger partial charge in [0.25, 0.3) is 11.4 Å². The van der Waals surface area contributed by atoms with Crippen molar-refractivity contribution < 1.29 is 30.9 Å². The second-order valence-electron chi connectivity index (χ2n) is 8.53. The second kappa shape index (κ2) is 13.7. The Bertz CT molecular complexity index is 1370. The van der Waals surface area contributed by atoms with Gasteiger partial charge in [0.15, 0.2) is 0 Å². The Morgan fingerprint density at radius 2 is 1.69 bits per heavy atom. The predicted octanol–water partition coefficient (Wildman–Crippen LogP) is 6.78. The molecule has 39 heavy (non-hydrogen) atoms. The van der Waals surface area contributed by atoms with E-state index in [1.165, 1.54) is 44.2 Å². The van der Waals surface area contributed by atoms with Crippen molar-refractivity contribution in [2.75, 3.05) is 0 Å². The highest BCUT2D eigenvalue weighted by atomic mass is 19.4. The Morgan fingerprint density at radius 1 is 1.00 bits per heavy atom. The molecule has 1 aromatic carbocycles. The molecule has 1 aliphatic rings. The number of hydrogen-bond acceptors (Lipinski definition) is 6. The molecule has 3 heterocycles. The van der Waals surface area contributed by atoms with E-state index in [1.807, 2.05) is 13.0 Å². The molecule has 5 rings (SSSR count). The van der Waals surface area contributed by atoms with Gasteiger partial charge in [-0.25, -0.2) is 9.07 Å². The molecule has 0 aliphatic heterocycles. The maximum Gasteiger partial charge on any atom is 0.418 e. The second-order valence-corrected chi connectivity index (χ2v) is 8.53. The van der Waals surface area contributed by atoms with Crippen LogP contribution < -0.4 is 5.56 Å². The highest BCUT2D eigenvalue weighted by molar-refractivity contribution is 5.46. The smallest absolute Gasteiger partial charge is 0.333 e. The molecule has 1 saturated carbocycles.